The number of halogens is 3. The number of oxime groups is 1. The first-order chi connectivity index (χ1) is 15.6. The molecule has 0 saturated carbocycles. The average molecular weight is 481 g/mol. The second-order valence-electron chi connectivity index (χ2n) is 7.60. The number of amides is 2. The SMILES string of the molecule is CO/N=C(\N)c1cc(F)c(CNC(=O)[C@@H]2CCN2C(=O)[C@H](O)c2cc(C)cc(Cl)c2)c(F)c1. The summed E-state index contributed by atoms with van der Waals surface area (Å²) < 4.78 is 28.7. The number of rotatable bonds is 7. The van der Waals surface area contributed by atoms with Gasteiger partial charge in [-0.25, -0.2) is 8.78 Å². The quantitative estimate of drug-likeness (QED) is 0.319. The predicted molar refractivity (Wildman–Crippen MR) is 117 cm³/mol. The van der Waals surface area contributed by atoms with Gasteiger partial charge in [0.2, 0.25) is 5.91 Å². The average Bonchev–Trinajstić information content (AvgIpc) is 2.71. The molecule has 2 atom stereocenters. The van der Waals surface area contributed by atoms with E-state index in [1.807, 2.05) is 0 Å². The third-order valence-corrected chi connectivity index (χ3v) is 5.50. The molecular weight excluding hydrogens is 458 g/mol. The normalized spacial score (nSPS) is 16.7. The second-order valence-corrected chi connectivity index (χ2v) is 8.03. The Morgan fingerprint density at radius 1 is 1.30 bits per heavy atom. The Morgan fingerprint density at radius 3 is 2.52 bits per heavy atom. The highest BCUT2D eigenvalue weighted by Gasteiger charge is 2.40. The van der Waals surface area contributed by atoms with Crippen LogP contribution in [-0.4, -0.2) is 47.4 Å². The van der Waals surface area contributed by atoms with Crippen molar-refractivity contribution in [1.29, 1.82) is 0 Å². The Labute approximate surface area is 193 Å². The van der Waals surface area contributed by atoms with E-state index in [0.29, 0.717) is 17.0 Å². The Morgan fingerprint density at radius 2 is 1.97 bits per heavy atom. The fourth-order valence-electron chi connectivity index (χ4n) is 3.51. The van der Waals surface area contributed by atoms with E-state index in [2.05, 4.69) is 15.3 Å². The number of aliphatic hydroxyl groups is 1. The third kappa shape index (κ3) is 5.40. The van der Waals surface area contributed by atoms with Gasteiger partial charge in [-0.3, -0.25) is 9.59 Å². The van der Waals surface area contributed by atoms with Gasteiger partial charge in [0.1, 0.15) is 24.8 Å². The summed E-state index contributed by atoms with van der Waals surface area (Å²) >= 11 is 5.99. The molecule has 0 aromatic heterocycles. The number of nitrogens with zero attached hydrogens (tertiary/aromatic N) is 2. The summed E-state index contributed by atoms with van der Waals surface area (Å²) in [5, 5.41) is 16.7. The van der Waals surface area contributed by atoms with Crippen molar-refractivity contribution < 1.29 is 28.3 Å². The fraction of sp³-hybridized carbons (Fsp3) is 0.318. The molecule has 2 aromatic rings. The first-order valence-electron chi connectivity index (χ1n) is 10.0. The van der Waals surface area contributed by atoms with E-state index in [1.165, 1.54) is 18.1 Å². The second kappa shape index (κ2) is 10.1. The van der Waals surface area contributed by atoms with Gasteiger partial charge < -0.3 is 25.9 Å². The van der Waals surface area contributed by atoms with Gasteiger partial charge in [-0.05, 0) is 48.7 Å². The van der Waals surface area contributed by atoms with E-state index < -0.39 is 42.1 Å². The summed E-state index contributed by atoms with van der Waals surface area (Å²) in [4.78, 5) is 31.0. The Balaban J connectivity index is 1.65. The maximum Gasteiger partial charge on any atom is 0.256 e. The molecule has 3 rings (SSSR count). The zero-order chi connectivity index (χ0) is 24.3. The Bertz CT molecular complexity index is 1070. The van der Waals surface area contributed by atoms with E-state index in [9.17, 15) is 23.5 Å². The van der Waals surface area contributed by atoms with Crippen molar-refractivity contribution >= 4 is 29.3 Å². The molecular formula is C22H23ClF2N4O4. The lowest BCUT2D eigenvalue weighted by molar-refractivity contribution is -0.154. The van der Waals surface area contributed by atoms with E-state index in [1.54, 1.807) is 19.1 Å². The summed E-state index contributed by atoms with van der Waals surface area (Å²) in [7, 11) is 1.24. The molecule has 176 valence electrons. The molecule has 1 saturated heterocycles. The molecule has 2 aromatic carbocycles. The number of likely N-dealkylation sites (tertiary alicyclic amines) is 1. The molecule has 33 heavy (non-hydrogen) atoms. The molecule has 0 radical (unpaired) electrons. The molecule has 0 aliphatic carbocycles. The van der Waals surface area contributed by atoms with Crippen LogP contribution in [0.1, 0.15) is 34.8 Å². The number of amidine groups is 1. The van der Waals surface area contributed by atoms with Crippen LogP contribution in [0.4, 0.5) is 8.78 Å². The highest BCUT2D eigenvalue weighted by atomic mass is 35.5. The van der Waals surface area contributed by atoms with E-state index >= 15 is 0 Å². The number of aliphatic hydroxyl groups excluding tert-OH is 1. The van der Waals surface area contributed by atoms with Gasteiger partial charge in [0, 0.05) is 29.2 Å². The van der Waals surface area contributed by atoms with Crippen molar-refractivity contribution in [2.75, 3.05) is 13.7 Å². The first kappa shape index (κ1) is 24.4. The van der Waals surface area contributed by atoms with Crippen LogP contribution < -0.4 is 11.1 Å². The largest absolute Gasteiger partial charge is 0.397 e. The van der Waals surface area contributed by atoms with Gasteiger partial charge in [-0.1, -0.05) is 22.8 Å². The standard InChI is InChI=1S/C22H23ClF2N4O4/c1-11-5-12(7-14(23)6-11)19(30)22(32)29-4-3-18(29)21(31)27-10-15-16(24)8-13(9-17(15)25)20(26)28-33-2/h5-9,18-19,30H,3-4,10H2,1-2H3,(H2,26,28)(H,27,31)/t18-,19+/m0/s1. The highest BCUT2D eigenvalue weighted by molar-refractivity contribution is 6.30. The maximum atomic E-state index is 14.4. The number of hydrogen-bond donors (Lipinski definition) is 3. The van der Waals surface area contributed by atoms with Gasteiger partial charge in [-0.15, -0.1) is 0 Å². The zero-order valence-corrected chi connectivity index (χ0v) is 18.7. The highest BCUT2D eigenvalue weighted by Crippen LogP contribution is 2.27. The van der Waals surface area contributed by atoms with Crippen molar-refractivity contribution in [3.8, 4) is 0 Å². The lowest BCUT2D eigenvalue weighted by Crippen LogP contribution is -2.59. The summed E-state index contributed by atoms with van der Waals surface area (Å²) in [5.74, 6) is -3.30. The molecule has 4 N–H and O–H groups in total. The molecule has 2 amide bonds. The maximum absolute atomic E-state index is 14.4. The van der Waals surface area contributed by atoms with Gasteiger partial charge in [0.15, 0.2) is 11.9 Å². The van der Waals surface area contributed by atoms with Crippen LogP contribution in [0.25, 0.3) is 0 Å². The third-order valence-electron chi connectivity index (χ3n) is 5.29. The molecule has 8 nitrogen and oxygen atoms in total. The number of nitrogens with two attached hydrogens (primary N) is 1. The molecule has 1 aliphatic rings. The van der Waals surface area contributed by atoms with Crippen molar-refractivity contribution in [2.24, 2.45) is 10.9 Å². The summed E-state index contributed by atoms with van der Waals surface area (Å²) in [6.45, 7) is 1.60. The van der Waals surface area contributed by atoms with E-state index in [-0.39, 0.29) is 23.5 Å². The molecule has 1 heterocycles. The number of aryl methyl sites for hydroxylation is 1. The van der Waals surface area contributed by atoms with Gasteiger partial charge >= 0.3 is 0 Å². The van der Waals surface area contributed by atoms with Crippen LogP contribution in [-0.2, 0) is 21.0 Å². The summed E-state index contributed by atoms with van der Waals surface area (Å²) in [6.07, 6.45) is -1.13. The molecule has 1 fully saturated rings. The van der Waals surface area contributed by atoms with E-state index in [0.717, 1.165) is 17.7 Å². The van der Waals surface area contributed by atoms with Gasteiger partial charge in [0.25, 0.3) is 5.91 Å². The number of nitrogens with one attached hydrogen (secondary N) is 1. The minimum atomic E-state index is -1.49. The lowest BCUT2D eigenvalue weighted by Gasteiger charge is -2.40. The fourth-order valence-corrected chi connectivity index (χ4v) is 3.81. The number of carbonyl (C=O) groups is 2. The van der Waals surface area contributed by atoms with Crippen LogP contribution in [0.3, 0.4) is 0 Å². The lowest BCUT2D eigenvalue weighted by atomic mass is 9.98. The minimum absolute atomic E-state index is 0.0112. The van der Waals surface area contributed by atoms with Crippen LogP contribution in [0.2, 0.25) is 5.02 Å². The van der Waals surface area contributed by atoms with Crippen molar-refractivity contribution in [1.82, 2.24) is 10.2 Å². The molecule has 11 heteroatoms. The Kier molecular flexibility index (Phi) is 7.50. The molecule has 0 bridgehead atoms. The van der Waals surface area contributed by atoms with Crippen LogP contribution in [0.15, 0.2) is 35.5 Å². The van der Waals surface area contributed by atoms with Crippen LogP contribution >= 0.6 is 11.6 Å². The Hall–Kier alpha value is -3.24. The number of carbonyl (C=O) groups excluding carboxylic acids is 2. The smallest absolute Gasteiger partial charge is 0.256 e. The van der Waals surface area contributed by atoms with Crippen LogP contribution in [0.5, 0.6) is 0 Å². The zero-order valence-electron chi connectivity index (χ0n) is 17.9. The summed E-state index contributed by atoms with van der Waals surface area (Å²) in [6, 6.07) is 5.89. The monoisotopic (exact) mass is 480 g/mol. The first-order valence-corrected chi connectivity index (χ1v) is 10.4. The van der Waals surface area contributed by atoms with Gasteiger partial charge in [0.05, 0.1) is 0 Å². The molecule has 0 spiro atoms. The predicted octanol–water partition coefficient (Wildman–Crippen LogP) is 2.14. The molecule has 1 aliphatic heterocycles. The van der Waals surface area contributed by atoms with Crippen molar-refractivity contribution in [3.63, 3.8) is 0 Å². The van der Waals surface area contributed by atoms with Gasteiger partial charge in [-0.2, -0.15) is 0 Å². The molecule has 0 unspecified atom stereocenters. The topological polar surface area (TPSA) is 117 Å². The van der Waals surface area contributed by atoms with Crippen molar-refractivity contribution in [2.45, 2.75) is 32.0 Å². The number of benzene rings is 2. The summed E-state index contributed by atoms with van der Waals surface area (Å²) in [5.41, 5.74) is 6.27. The number of hydrogen-bond acceptors (Lipinski definition) is 5. The van der Waals surface area contributed by atoms with Crippen molar-refractivity contribution in [3.05, 3.63) is 69.2 Å². The van der Waals surface area contributed by atoms with Crippen LogP contribution in [0, 0.1) is 18.6 Å². The minimum Gasteiger partial charge on any atom is -0.397 e. The van der Waals surface area contributed by atoms with E-state index in [4.69, 9.17) is 17.3 Å².